The first-order chi connectivity index (χ1) is 19.1. The normalized spacial score (nSPS) is 17.5. The van der Waals surface area contributed by atoms with Crippen molar-refractivity contribution in [3.05, 3.63) is 88.8 Å². The number of hydrogen-bond donors (Lipinski definition) is 3. The summed E-state index contributed by atoms with van der Waals surface area (Å²) in [4.78, 5) is 42.2. The number of amides is 4. The van der Waals surface area contributed by atoms with E-state index in [1.807, 2.05) is 0 Å². The zero-order chi connectivity index (χ0) is 28.9. The Bertz CT molecular complexity index is 1410. The summed E-state index contributed by atoms with van der Waals surface area (Å²) in [6.45, 7) is 2.97. The number of nitrogens with zero attached hydrogens (tertiary/aromatic N) is 3. The molecule has 4 rings (SSSR count). The number of allylic oxidation sites excluding steroid dienone is 1. The van der Waals surface area contributed by atoms with Crippen LogP contribution in [0.4, 0.5) is 16.2 Å². The Balaban J connectivity index is 1.54. The van der Waals surface area contributed by atoms with Gasteiger partial charge >= 0.3 is 6.03 Å². The molecule has 0 aliphatic carbocycles. The number of nitrogens with one attached hydrogen (secondary N) is 2. The first-order valence-corrected chi connectivity index (χ1v) is 13.0. The summed E-state index contributed by atoms with van der Waals surface area (Å²) < 4.78 is 5.18. The van der Waals surface area contributed by atoms with Crippen molar-refractivity contribution in [2.45, 2.75) is 31.5 Å². The lowest BCUT2D eigenvalue weighted by molar-refractivity contribution is -0.126. The predicted molar refractivity (Wildman–Crippen MR) is 154 cm³/mol. The third-order valence-corrected chi connectivity index (χ3v) is 6.88. The maximum absolute atomic E-state index is 13.7. The number of aliphatic hydroxyl groups is 1. The van der Waals surface area contributed by atoms with Gasteiger partial charge in [-0.05, 0) is 86.7 Å². The average Bonchev–Trinajstić information content (AvgIpc) is 3.50. The first kappa shape index (κ1) is 28.9. The number of aliphatic hydroxyl groups excluding tert-OH is 1. The zero-order valence-corrected chi connectivity index (χ0v) is 23.1. The van der Waals surface area contributed by atoms with Crippen molar-refractivity contribution >= 4 is 64.7 Å². The van der Waals surface area contributed by atoms with Crippen molar-refractivity contribution in [3.63, 3.8) is 0 Å². The van der Waals surface area contributed by atoms with Crippen molar-refractivity contribution in [3.8, 4) is 0 Å². The molecule has 2 unspecified atom stereocenters. The number of rotatable bonds is 9. The Labute approximate surface area is 240 Å². The van der Waals surface area contributed by atoms with Crippen LogP contribution in [-0.4, -0.2) is 58.3 Å². The van der Waals surface area contributed by atoms with Gasteiger partial charge < -0.3 is 19.7 Å². The zero-order valence-electron chi connectivity index (χ0n) is 21.6. The molecule has 40 heavy (non-hydrogen) atoms. The van der Waals surface area contributed by atoms with Gasteiger partial charge in [0.2, 0.25) is 0 Å². The number of carbonyl (C=O) groups excluding carboxylic acids is 3. The molecule has 12 heteroatoms. The minimum absolute atomic E-state index is 0.378. The molecule has 2 heterocycles. The molecule has 1 aliphatic rings. The quantitative estimate of drug-likeness (QED) is 0.246. The second kappa shape index (κ2) is 12.4. The number of anilines is 2. The second-order valence-corrected chi connectivity index (χ2v) is 10.3. The van der Waals surface area contributed by atoms with Crippen LogP contribution < -0.4 is 15.6 Å². The van der Waals surface area contributed by atoms with E-state index in [1.165, 1.54) is 22.3 Å². The number of halogens is 2. The van der Waals surface area contributed by atoms with E-state index in [0.29, 0.717) is 27.2 Å². The monoisotopic (exact) mass is 583 g/mol. The van der Waals surface area contributed by atoms with E-state index in [-0.39, 0.29) is 6.54 Å². The molecule has 10 nitrogen and oxygen atoms in total. The van der Waals surface area contributed by atoms with Gasteiger partial charge in [-0.15, -0.1) is 0 Å². The van der Waals surface area contributed by atoms with Crippen LogP contribution in [0.25, 0.3) is 6.08 Å². The number of urea groups is 1. The number of hydrogen-bond acceptors (Lipinski definition) is 6. The largest absolute Gasteiger partial charge is 0.465 e. The van der Waals surface area contributed by atoms with Crippen LogP contribution in [0.15, 0.2) is 82.5 Å². The molecule has 3 N–H and O–H groups in total. The maximum Gasteiger partial charge on any atom is 0.325 e. The smallest absolute Gasteiger partial charge is 0.325 e. The molecule has 4 amide bonds. The van der Waals surface area contributed by atoms with E-state index in [1.54, 1.807) is 86.7 Å². The average molecular weight is 584 g/mol. The molecule has 0 spiro atoms. The van der Waals surface area contributed by atoms with Gasteiger partial charge in [0.15, 0.2) is 6.10 Å². The molecule has 208 valence electrons. The molecule has 3 aromatic rings. The molecule has 1 saturated heterocycles. The van der Waals surface area contributed by atoms with Crippen LogP contribution in [0.1, 0.15) is 19.6 Å². The third kappa shape index (κ3) is 6.53. The molecule has 0 saturated carbocycles. The summed E-state index contributed by atoms with van der Waals surface area (Å²) in [5, 5.41) is 18.7. The minimum atomic E-state index is -1.66. The number of furan rings is 1. The van der Waals surface area contributed by atoms with E-state index in [0.717, 1.165) is 0 Å². The van der Waals surface area contributed by atoms with E-state index < -0.39 is 35.5 Å². The Hall–Kier alpha value is -4.12. The highest BCUT2D eigenvalue weighted by molar-refractivity contribution is 6.31. The van der Waals surface area contributed by atoms with E-state index >= 15 is 0 Å². The molecule has 0 bridgehead atoms. The Morgan fingerprint density at radius 1 is 1.10 bits per heavy atom. The Morgan fingerprint density at radius 3 is 2.38 bits per heavy atom. The van der Waals surface area contributed by atoms with Crippen molar-refractivity contribution in [2.75, 3.05) is 16.8 Å². The van der Waals surface area contributed by atoms with E-state index in [4.69, 9.17) is 27.6 Å². The fourth-order valence-corrected chi connectivity index (χ4v) is 4.64. The molecule has 0 radical (unpaired) electrons. The lowest BCUT2D eigenvalue weighted by Crippen LogP contribution is -2.57. The van der Waals surface area contributed by atoms with Gasteiger partial charge in [0.25, 0.3) is 11.8 Å². The summed E-state index contributed by atoms with van der Waals surface area (Å²) in [6, 6.07) is 14.6. The van der Waals surface area contributed by atoms with E-state index in [2.05, 4.69) is 15.8 Å². The Kier molecular flexibility index (Phi) is 8.93. The van der Waals surface area contributed by atoms with Gasteiger partial charge in [0.05, 0.1) is 17.8 Å². The summed E-state index contributed by atoms with van der Waals surface area (Å²) >= 11 is 12.0. The number of hydrazone groups is 1. The highest BCUT2D eigenvalue weighted by atomic mass is 35.5. The number of carbonyl (C=O) groups is 3. The second-order valence-electron chi connectivity index (χ2n) is 9.44. The van der Waals surface area contributed by atoms with Gasteiger partial charge in [-0.25, -0.2) is 10.2 Å². The van der Waals surface area contributed by atoms with Gasteiger partial charge in [-0.3, -0.25) is 14.5 Å². The predicted octanol–water partition coefficient (Wildman–Crippen LogP) is 4.79. The highest BCUT2D eigenvalue weighted by Gasteiger charge is 2.56. The van der Waals surface area contributed by atoms with Gasteiger partial charge in [0, 0.05) is 27.6 Å². The summed E-state index contributed by atoms with van der Waals surface area (Å²) in [5.41, 5.74) is 2.03. The van der Waals surface area contributed by atoms with Crippen molar-refractivity contribution < 1.29 is 23.9 Å². The lowest BCUT2D eigenvalue weighted by Gasteiger charge is -2.36. The van der Waals surface area contributed by atoms with Crippen LogP contribution in [0.3, 0.4) is 0 Å². The molecule has 1 aromatic heterocycles. The molecule has 2 aromatic carbocycles. The molecular formula is C28H27Cl2N5O5. The third-order valence-electron chi connectivity index (χ3n) is 6.37. The fraction of sp³-hybridized carbons (Fsp3) is 0.214. The fourth-order valence-electron chi connectivity index (χ4n) is 4.39. The summed E-state index contributed by atoms with van der Waals surface area (Å²) in [7, 11) is 0. The van der Waals surface area contributed by atoms with Crippen molar-refractivity contribution in [1.82, 2.24) is 10.3 Å². The molecule has 1 aliphatic heterocycles. The van der Waals surface area contributed by atoms with Gasteiger partial charge in [0.1, 0.15) is 12.3 Å². The minimum Gasteiger partial charge on any atom is -0.465 e. The topological polar surface area (TPSA) is 127 Å². The van der Waals surface area contributed by atoms with E-state index in [9.17, 15) is 19.5 Å². The van der Waals surface area contributed by atoms with Gasteiger partial charge in [-0.1, -0.05) is 23.2 Å². The molecular weight excluding hydrogens is 557 g/mol. The van der Waals surface area contributed by atoms with Crippen LogP contribution in [0.5, 0.6) is 0 Å². The Morgan fingerprint density at radius 2 is 1.75 bits per heavy atom. The lowest BCUT2D eigenvalue weighted by atomic mass is 9.89. The van der Waals surface area contributed by atoms with Crippen molar-refractivity contribution in [2.24, 2.45) is 5.10 Å². The SMILES string of the molecule is CC1(C)C(C(O)C(=O)Nc2ccc(Cl)cc2)N(c2ccc(Cl)cc2)C(=O)N1CC(=O)NN=CC=Cc1ccco1. The molecule has 1 fully saturated rings. The number of benzene rings is 2. The first-order valence-electron chi connectivity index (χ1n) is 12.2. The van der Waals surface area contributed by atoms with Crippen LogP contribution in [0, 0.1) is 0 Å². The maximum atomic E-state index is 13.7. The van der Waals surface area contributed by atoms with Crippen LogP contribution >= 0.6 is 23.2 Å². The van der Waals surface area contributed by atoms with Crippen LogP contribution in [-0.2, 0) is 9.59 Å². The van der Waals surface area contributed by atoms with Gasteiger partial charge in [-0.2, -0.15) is 5.10 Å². The summed E-state index contributed by atoms with van der Waals surface area (Å²) in [6.07, 6.45) is 4.48. The van der Waals surface area contributed by atoms with Crippen molar-refractivity contribution in [1.29, 1.82) is 0 Å². The molecule has 2 atom stereocenters. The van der Waals surface area contributed by atoms with Crippen LogP contribution in [0.2, 0.25) is 10.0 Å². The summed E-state index contributed by atoms with van der Waals surface area (Å²) in [5.74, 6) is -0.679. The standard InChI is InChI=1S/C28H27Cl2N5O5/c1-28(2)25(24(37)26(38)32-20-11-7-18(29)8-12-20)35(21-13-9-19(30)10-14-21)27(39)34(28)17-23(36)33-31-15-3-5-22-6-4-16-40-22/h3-16,24-25,37H,17H2,1-2H3,(H,32,38)(H,33,36). The highest BCUT2D eigenvalue weighted by Crippen LogP contribution is 2.38.